The first kappa shape index (κ1) is 19.2. The second-order valence-corrected chi connectivity index (χ2v) is 12.1. The Morgan fingerprint density at radius 2 is 1.74 bits per heavy atom. The zero-order valence-corrected chi connectivity index (χ0v) is 17.1. The lowest BCUT2D eigenvalue weighted by atomic mass is 10.0. The summed E-state index contributed by atoms with van der Waals surface area (Å²) in [5, 5.41) is -0.714. The molecule has 0 radical (unpaired) electrons. The molecule has 150 valence electrons. The van der Waals surface area contributed by atoms with E-state index in [1.807, 2.05) is 24.3 Å². The smallest absolute Gasteiger partial charge is 0.217 e. The monoisotopic (exact) mass is 414 g/mol. The molecule has 3 aliphatic rings. The van der Waals surface area contributed by atoms with Gasteiger partial charge in [0, 0.05) is 26.2 Å². The van der Waals surface area contributed by atoms with E-state index in [1.54, 1.807) is 11.4 Å². The number of methoxy groups -OCH3 is 1. The van der Waals surface area contributed by atoms with Crippen molar-refractivity contribution in [1.29, 1.82) is 0 Å². The molecule has 0 N–H and O–H groups in total. The van der Waals surface area contributed by atoms with Crippen LogP contribution in [0.15, 0.2) is 24.3 Å². The molecule has 0 unspecified atom stereocenters. The molecule has 0 aromatic heterocycles. The van der Waals surface area contributed by atoms with Crippen LogP contribution in [0, 0.1) is 5.92 Å². The van der Waals surface area contributed by atoms with Crippen molar-refractivity contribution in [3.63, 3.8) is 0 Å². The topological polar surface area (TPSA) is 84.0 Å². The van der Waals surface area contributed by atoms with E-state index in [-0.39, 0.29) is 11.2 Å². The minimum atomic E-state index is -3.42. The SMILES string of the molecule is COc1ccc(CN2C[C@H]3CCN(S(=O)(=O)C4CC4)CC[C@H]3S2(=O)=O)cc1. The standard InChI is InChI=1S/C18H26N2O5S2/c1-25-16-4-2-14(3-5-16)12-20-13-15-8-10-19(26(21,22)17-6-7-17)11-9-18(15)27(20,23)24/h2-5,15,17-18H,6-13H2,1H3/t15-,18-/m1/s1. The van der Waals surface area contributed by atoms with E-state index in [4.69, 9.17) is 4.74 Å². The molecule has 2 atom stereocenters. The number of rotatable bonds is 5. The van der Waals surface area contributed by atoms with Crippen LogP contribution < -0.4 is 4.74 Å². The maximum atomic E-state index is 13.0. The molecule has 2 aliphatic heterocycles. The molecule has 1 aromatic carbocycles. The Hall–Kier alpha value is -1.16. The van der Waals surface area contributed by atoms with Gasteiger partial charge in [-0.05, 0) is 49.3 Å². The number of hydrogen-bond donors (Lipinski definition) is 0. The van der Waals surface area contributed by atoms with Gasteiger partial charge in [-0.2, -0.15) is 4.31 Å². The average molecular weight is 415 g/mol. The summed E-state index contributed by atoms with van der Waals surface area (Å²) in [6.45, 7) is 1.57. The van der Waals surface area contributed by atoms with Crippen molar-refractivity contribution in [2.75, 3.05) is 26.7 Å². The fourth-order valence-corrected chi connectivity index (χ4v) is 8.29. The first-order valence-corrected chi connectivity index (χ1v) is 12.4. The van der Waals surface area contributed by atoms with Gasteiger partial charge in [0.05, 0.1) is 17.6 Å². The zero-order chi connectivity index (χ0) is 19.2. The maximum absolute atomic E-state index is 13.0. The molecule has 1 aliphatic carbocycles. The second-order valence-electron chi connectivity index (χ2n) is 7.70. The molecule has 4 rings (SSSR count). The lowest BCUT2D eigenvalue weighted by molar-refractivity contribution is 0.362. The highest BCUT2D eigenvalue weighted by Crippen LogP contribution is 2.38. The van der Waals surface area contributed by atoms with Crippen LogP contribution in [-0.2, 0) is 26.6 Å². The van der Waals surface area contributed by atoms with Crippen LogP contribution in [0.2, 0.25) is 0 Å². The lowest BCUT2D eigenvalue weighted by Gasteiger charge is -2.21. The first-order valence-electron chi connectivity index (χ1n) is 9.43. The minimum absolute atomic E-state index is 0.00680. The van der Waals surface area contributed by atoms with Crippen molar-refractivity contribution >= 4 is 20.0 Å². The fourth-order valence-electron chi connectivity index (χ4n) is 4.19. The Labute approximate surface area is 161 Å². The molecule has 1 saturated carbocycles. The van der Waals surface area contributed by atoms with Crippen LogP contribution >= 0.6 is 0 Å². The van der Waals surface area contributed by atoms with Crippen LogP contribution in [0.1, 0.15) is 31.2 Å². The summed E-state index contributed by atoms with van der Waals surface area (Å²) in [4.78, 5) is 0. The largest absolute Gasteiger partial charge is 0.497 e. The highest BCUT2D eigenvalue weighted by molar-refractivity contribution is 7.90. The van der Waals surface area contributed by atoms with E-state index >= 15 is 0 Å². The summed E-state index contributed by atoms with van der Waals surface area (Å²) in [7, 11) is -5.06. The number of ether oxygens (including phenoxy) is 1. The third-order valence-electron chi connectivity index (χ3n) is 5.94. The maximum Gasteiger partial charge on any atom is 0.217 e. The van der Waals surface area contributed by atoms with E-state index in [1.165, 1.54) is 4.31 Å². The van der Waals surface area contributed by atoms with E-state index in [2.05, 4.69) is 0 Å². The highest BCUT2D eigenvalue weighted by atomic mass is 32.2. The predicted molar refractivity (Wildman–Crippen MR) is 102 cm³/mol. The van der Waals surface area contributed by atoms with Crippen molar-refractivity contribution in [3.05, 3.63) is 29.8 Å². The highest BCUT2D eigenvalue weighted by Gasteiger charge is 2.49. The Kier molecular flexibility index (Phi) is 4.99. The Bertz CT molecular complexity index is 894. The Balaban J connectivity index is 1.46. The Morgan fingerprint density at radius 3 is 2.37 bits per heavy atom. The van der Waals surface area contributed by atoms with Gasteiger partial charge in [-0.25, -0.2) is 21.1 Å². The van der Waals surface area contributed by atoms with Crippen molar-refractivity contribution < 1.29 is 21.6 Å². The van der Waals surface area contributed by atoms with Crippen molar-refractivity contribution in [2.45, 2.75) is 42.7 Å². The van der Waals surface area contributed by atoms with Crippen molar-refractivity contribution in [3.8, 4) is 5.75 Å². The van der Waals surface area contributed by atoms with Gasteiger partial charge >= 0.3 is 0 Å². The Morgan fingerprint density at radius 1 is 1.07 bits per heavy atom. The first-order chi connectivity index (χ1) is 12.8. The van der Waals surface area contributed by atoms with Gasteiger partial charge in [0.1, 0.15) is 5.75 Å². The van der Waals surface area contributed by atoms with E-state index < -0.39 is 25.3 Å². The van der Waals surface area contributed by atoms with Crippen molar-refractivity contribution in [2.24, 2.45) is 5.92 Å². The summed E-state index contributed by atoms with van der Waals surface area (Å²) >= 11 is 0. The van der Waals surface area contributed by atoms with Gasteiger partial charge in [-0.3, -0.25) is 0 Å². The zero-order valence-electron chi connectivity index (χ0n) is 15.5. The molecule has 0 spiro atoms. The van der Waals surface area contributed by atoms with Gasteiger partial charge < -0.3 is 4.74 Å². The van der Waals surface area contributed by atoms with Crippen LogP contribution in [-0.4, -0.2) is 62.7 Å². The van der Waals surface area contributed by atoms with Crippen LogP contribution in [0.4, 0.5) is 0 Å². The van der Waals surface area contributed by atoms with Gasteiger partial charge in [-0.1, -0.05) is 12.1 Å². The molecular weight excluding hydrogens is 388 g/mol. The van der Waals surface area contributed by atoms with E-state index in [9.17, 15) is 16.8 Å². The average Bonchev–Trinajstić information content (AvgIpc) is 3.47. The number of fused-ring (bicyclic) bond motifs is 1. The molecule has 2 saturated heterocycles. The summed E-state index contributed by atoms with van der Waals surface area (Å²) in [5.74, 6) is 0.734. The molecule has 0 amide bonds. The van der Waals surface area contributed by atoms with E-state index in [0.29, 0.717) is 39.0 Å². The van der Waals surface area contributed by atoms with Gasteiger partial charge in [0.15, 0.2) is 0 Å². The molecule has 27 heavy (non-hydrogen) atoms. The molecule has 3 fully saturated rings. The minimum Gasteiger partial charge on any atom is -0.497 e. The number of nitrogens with zero attached hydrogens (tertiary/aromatic N) is 2. The molecule has 9 heteroatoms. The third-order valence-corrected chi connectivity index (χ3v) is 10.7. The number of benzene rings is 1. The summed E-state index contributed by atoms with van der Waals surface area (Å²) in [6, 6.07) is 7.42. The van der Waals surface area contributed by atoms with Crippen LogP contribution in [0.25, 0.3) is 0 Å². The molecule has 2 heterocycles. The van der Waals surface area contributed by atoms with Gasteiger partial charge in [0.2, 0.25) is 20.0 Å². The van der Waals surface area contributed by atoms with Crippen LogP contribution in [0.5, 0.6) is 5.75 Å². The second kappa shape index (κ2) is 7.02. The molecule has 1 aromatic rings. The van der Waals surface area contributed by atoms with Crippen molar-refractivity contribution in [1.82, 2.24) is 8.61 Å². The summed E-state index contributed by atoms with van der Waals surface area (Å²) in [5.41, 5.74) is 0.925. The fraction of sp³-hybridized carbons (Fsp3) is 0.667. The molecular formula is C18H26N2O5S2. The van der Waals surface area contributed by atoms with Gasteiger partial charge in [-0.15, -0.1) is 0 Å². The van der Waals surface area contributed by atoms with Crippen LogP contribution in [0.3, 0.4) is 0 Å². The van der Waals surface area contributed by atoms with E-state index in [0.717, 1.165) is 24.2 Å². The molecule has 0 bridgehead atoms. The number of sulfonamides is 2. The summed E-state index contributed by atoms with van der Waals surface area (Å²) in [6.07, 6.45) is 2.46. The normalized spacial score (nSPS) is 29.2. The quantitative estimate of drug-likeness (QED) is 0.727. The third kappa shape index (κ3) is 3.62. The van der Waals surface area contributed by atoms with Gasteiger partial charge in [0.25, 0.3) is 0 Å². The number of hydrogen-bond acceptors (Lipinski definition) is 5. The predicted octanol–water partition coefficient (Wildman–Crippen LogP) is 1.41. The lowest BCUT2D eigenvalue weighted by Crippen LogP contribution is -2.36. The molecule has 7 nitrogen and oxygen atoms in total. The summed E-state index contributed by atoms with van der Waals surface area (Å²) < 4.78 is 59.3.